The number of hydrogen-bond acceptors (Lipinski definition) is 5. The monoisotopic (exact) mass is 254 g/mol. The molecule has 0 spiro atoms. The van der Waals surface area contributed by atoms with Crippen LogP contribution in [-0.4, -0.2) is 54.6 Å². The Morgan fingerprint density at radius 1 is 1.44 bits per heavy atom. The summed E-state index contributed by atoms with van der Waals surface area (Å²) in [7, 11) is 1.59. The third kappa shape index (κ3) is 3.97. The minimum absolute atomic E-state index is 0.0261. The summed E-state index contributed by atoms with van der Waals surface area (Å²) in [5.41, 5.74) is 0.822. The molecule has 1 rings (SSSR count). The summed E-state index contributed by atoms with van der Waals surface area (Å²) in [6, 6.07) is 3.01. The van der Waals surface area contributed by atoms with E-state index < -0.39 is 5.97 Å². The number of carboxylic acids is 1. The maximum atomic E-state index is 11.0. The van der Waals surface area contributed by atoms with Gasteiger partial charge in [-0.2, -0.15) is 0 Å². The fourth-order valence-electron chi connectivity index (χ4n) is 1.60. The number of aliphatic hydroxyl groups is 1. The summed E-state index contributed by atoms with van der Waals surface area (Å²) in [5, 5.41) is 18.0. The molecule has 0 saturated carbocycles. The Hall–Kier alpha value is -1.66. The van der Waals surface area contributed by atoms with Crippen molar-refractivity contribution >= 4 is 11.8 Å². The quantitative estimate of drug-likeness (QED) is 0.738. The molecular weight excluding hydrogens is 236 g/mol. The normalized spacial score (nSPS) is 10.4. The zero-order valence-corrected chi connectivity index (χ0v) is 10.6. The van der Waals surface area contributed by atoms with Crippen molar-refractivity contribution in [1.82, 2.24) is 4.98 Å². The molecule has 0 aliphatic carbocycles. The number of aliphatic hydroxyl groups excluding tert-OH is 1. The van der Waals surface area contributed by atoms with Gasteiger partial charge in [0.1, 0.15) is 5.82 Å². The summed E-state index contributed by atoms with van der Waals surface area (Å²) < 4.78 is 4.98. The average molecular weight is 254 g/mol. The van der Waals surface area contributed by atoms with Crippen LogP contribution < -0.4 is 4.90 Å². The molecule has 6 heteroatoms. The molecule has 100 valence electrons. The standard InChI is InChI=1S/C12H18N2O4/c1-9-7-10(12(16)17)8-11(13-9)14(3-5-15)4-6-18-2/h7-8,15H,3-6H2,1-2H3,(H,16,17). The van der Waals surface area contributed by atoms with Gasteiger partial charge in [-0.25, -0.2) is 9.78 Å². The number of ether oxygens (including phenoxy) is 1. The van der Waals surface area contributed by atoms with Crippen molar-refractivity contribution in [3.8, 4) is 0 Å². The lowest BCUT2D eigenvalue weighted by Gasteiger charge is -2.23. The first-order chi connectivity index (χ1) is 8.58. The lowest BCUT2D eigenvalue weighted by atomic mass is 10.2. The van der Waals surface area contributed by atoms with Crippen LogP contribution in [-0.2, 0) is 4.74 Å². The van der Waals surface area contributed by atoms with E-state index >= 15 is 0 Å². The molecule has 1 heterocycles. The van der Waals surface area contributed by atoms with Gasteiger partial charge < -0.3 is 19.8 Å². The molecule has 2 N–H and O–H groups in total. The van der Waals surface area contributed by atoms with Gasteiger partial charge in [0.2, 0.25) is 0 Å². The Morgan fingerprint density at radius 2 is 2.17 bits per heavy atom. The van der Waals surface area contributed by atoms with Gasteiger partial charge >= 0.3 is 5.97 Å². The van der Waals surface area contributed by atoms with E-state index in [0.29, 0.717) is 31.2 Å². The average Bonchev–Trinajstić information content (AvgIpc) is 2.33. The number of aromatic nitrogens is 1. The van der Waals surface area contributed by atoms with Gasteiger partial charge in [0, 0.05) is 25.9 Å². The largest absolute Gasteiger partial charge is 0.478 e. The van der Waals surface area contributed by atoms with E-state index in [-0.39, 0.29) is 12.2 Å². The SMILES string of the molecule is COCCN(CCO)c1cc(C(=O)O)cc(C)n1. The number of aryl methyl sites for hydroxylation is 1. The summed E-state index contributed by atoms with van der Waals surface area (Å²) in [5.74, 6) is -0.448. The number of methoxy groups -OCH3 is 1. The third-order valence-electron chi connectivity index (χ3n) is 2.45. The highest BCUT2D eigenvalue weighted by molar-refractivity contribution is 5.88. The molecule has 0 aromatic carbocycles. The van der Waals surface area contributed by atoms with E-state index in [2.05, 4.69) is 4.98 Å². The van der Waals surface area contributed by atoms with Crippen LogP contribution in [0, 0.1) is 6.92 Å². The van der Waals surface area contributed by atoms with Crippen LogP contribution in [0.4, 0.5) is 5.82 Å². The number of hydrogen-bond donors (Lipinski definition) is 2. The Bertz CT molecular complexity index is 409. The summed E-state index contributed by atoms with van der Waals surface area (Å²) in [6.45, 7) is 3.13. The Morgan fingerprint density at radius 3 is 2.72 bits per heavy atom. The number of pyridine rings is 1. The first kappa shape index (κ1) is 14.4. The molecule has 0 radical (unpaired) electrons. The van der Waals surface area contributed by atoms with Crippen molar-refractivity contribution in [2.24, 2.45) is 0 Å². The molecule has 1 aromatic heterocycles. The van der Waals surface area contributed by atoms with E-state index in [1.807, 2.05) is 0 Å². The number of aromatic carboxylic acids is 1. The van der Waals surface area contributed by atoms with E-state index in [1.165, 1.54) is 12.1 Å². The molecule has 0 unspecified atom stereocenters. The fourth-order valence-corrected chi connectivity index (χ4v) is 1.60. The van der Waals surface area contributed by atoms with Crippen LogP contribution >= 0.6 is 0 Å². The highest BCUT2D eigenvalue weighted by atomic mass is 16.5. The lowest BCUT2D eigenvalue weighted by Crippen LogP contribution is -2.31. The zero-order chi connectivity index (χ0) is 13.5. The van der Waals surface area contributed by atoms with E-state index in [0.717, 1.165) is 0 Å². The van der Waals surface area contributed by atoms with Crippen LogP contribution in [0.25, 0.3) is 0 Å². The second-order valence-electron chi connectivity index (χ2n) is 3.86. The molecule has 0 atom stereocenters. The smallest absolute Gasteiger partial charge is 0.335 e. The van der Waals surface area contributed by atoms with Gasteiger partial charge in [-0.05, 0) is 19.1 Å². The van der Waals surface area contributed by atoms with Gasteiger partial charge in [-0.15, -0.1) is 0 Å². The van der Waals surface area contributed by atoms with Crippen molar-refractivity contribution in [3.05, 3.63) is 23.4 Å². The summed E-state index contributed by atoms with van der Waals surface area (Å²) in [4.78, 5) is 17.1. The van der Waals surface area contributed by atoms with Gasteiger partial charge in [0.05, 0.1) is 18.8 Å². The van der Waals surface area contributed by atoms with Crippen LogP contribution in [0.1, 0.15) is 16.1 Å². The van der Waals surface area contributed by atoms with E-state index in [4.69, 9.17) is 14.9 Å². The van der Waals surface area contributed by atoms with Crippen LogP contribution in [0.15, 0.2) is 12.1 Å². The molecule has 1 aromatic rings. The molecule has 0 fully saturated rings. The molecule has 0 aliphatic heterocycles. The molecule has 0 bridgehead atoms. The van der Waals surface area contributed by atoms with Gasteiger partial charge in [-0.1, -0.05) is 0 Å². The van der Waals surface area contributed by atoms with Crippen LogP contribution in [0.3, 0.4) is 0 Å². The van der Waals surface area contributed by atoms with Crippen molar-refractivity contribution < 1.29 is 19.7 Å². The minimum atomic E-state index is -0.988. The number of rotatable bonds is 7. The Kier molecular flexibility index (Phi) is 5.54. The van der Waals surface area contributed by atoms with Crippen molar-refractivity contribution in [2.75, 3.05) is 38.3 Å². The van der Waals surface area contributed by atoms with Gasteiger partial charge in [-0.3, -0.25) is 0 Å². The highest BCUT2D eigenvalue weighted by Crippen LogP contribution is 2.15. The minimum Gasteiger partial charge on any atom is -0.478 e. The van der Waals surface area contributed by atoms with Gasteiger partial charge in [0.25, 0.3) is 0 Å². The predicted octanol–water partition coefficient (Wildman–Crippen LogP) is 0.533. The summed E-state index contributed by atoms with van der Waals surface area (Å²) >= 11 is 0. The summed E-state index contributed by atoms with van der Waals surface area (Å²) in [6.07, 6.45) is 0. The second-order valence-corrected chi connectivity index (χ2v) is 3.86. The number of anilines is 1. The molecule has 0 aliphatic rings. The van der Waals surface area contributed by atoms with Crippen molar-refractivity contribution in [1.29, 1.82) is 0 Å². The first-order valence-corrected chi connectivity index (χ1v) is 5.65. The van der Waals surface area contributed by atoms with E-state index in [1.54, 1.807) is 18.9 Å². The molecule has 6 nitrogen and oxygen atoms in total. The number of nitrogens with zero attached hydrogens (tertiary/aromatic N) is 2. The predicted molar refractivity (Wildman–Crippen MR) is 67.1 cm³/mol. The third-order valence-corrected chi connectivity index (χ3v) is 2.45. The molecule has 0 amide bonds. The number of carbonyl (C=O) groups is 1. The van der Waals surface area contributed by atoms with Crippen LogP contribution in [0.5, 0.6) is 0 Å². The van der Waals surface area contributed by atoms with Crippen molar-refractivity contribution in [3.63, 3.8) is 0 Å². The Labute approximate surface area is 106 Å². The Balaban J connectivity index is 2.98. The van der Waals surface area contributed by atoms with E-state index in [9.17, 15) is 4.79 Å². The molecular formula is C12H18N2O4. The zero-order valence-electron chi connectivity index (χ0n) is 10.6. The van der Waals surface area contributed by atoms with Gasteiger partial charge in [0.15, 0.2) is 0 Å². The lowest BCUT2D eigenvalue weighted by molar-refractivity contribution is 0.0696. The highest BCUT2D eigenvalue weighted by Gasteiger charge is 2.12. The number of carboxylic acid groups (broad SMARTS) is 1. The van der Waals surface area contributed by atoms with Crippen LogP contribution in [0.2, 0.25) is 0 Å². The maximum Gasteiger partial charge on any atom is 0.335 e. The first-order valence-electron chi connectivity index (χ1n) is 5.65. The molecule has 0 saturated heterocycles. The van der Waals surface area contributed by atoms with Crippen molar-refractivity contribution in [2.45, 2.75) is 6.92 Å². The molecule has 18 heavy (non-hydrogen) atoms. The second kappa shape index (κ2) is 6.93. The maximum absolute atomic E-state index is 11.0. The fraction of sp³-hybridized carbons (Fsp3) is 0.500. The topological polar surface area (TPSA) is 82.9 Å².